The van der Waals surface area contributed by atoms with Gasteiger partial charge in [-0.1, -0.05) is 36.8 Å². The predicted octanol–water partition coefficient (Wildman–Crippen LogP) is 4.51. The summed E-state index contributed by atoms with van der Waals surface area (Å²) in [6, 6.07) is 16.8. The molecule has 132 valence electrons. The largest absolute Gasteiger partial charge is 0.455 e. The van der Waals surface area contributed by atoms with Crippen LogP contribution in [0, 0.1) is 0 Å². The molecule has 0 saturated carbocycles. The van der Waals surface area contributed by atoms with Gasteiger partial charge in [0.1, 0.15) is 12.4 Å². The standard InChI is InChI=1S/C20H24N2O3/c23-20(24-16-15-22-13-7-2-8-14-22)21-18-11-5-6-12-19(18)25-17-9-3-1-4-10-17/h1,3-6,9-12H,2,7-8,13-16H2,(H,21,23). The summed E-state index contributed by atoms with van der Waals surface area (Å²) in [6.07, 6.45) is 3.31. The van der Waals surface area contributed by atoms with Crippen molar-refractivity contribution in [2.75, 3.05) is 31.6 Å². The minimum Gasteiger partial charge on any atom is -0.455 e. The second-order valence-electron chi connectivity index (χ2n) is 6.07. The second-order valence-corrected chi connectivity index (χ2v) is 6.07. The molecule has 5 nitrogen and oxygen atoms in total. The summed E-state index contributed by atoms with van der Waals surface area (Å²) in [4.78, 5) is 14.4. The van der Waals surface area contributed by atoms with Crippen LogP contribution in [0.1, 0.15) is 19.3 Å². The molecule has 2 aromatic rings. The van der Waals surface area contributed by atoms with E-state index in [-0.39, 0.29) is 0 Å². The highest BCUT2D eigenvalue weighted by Gasteiger charge is 2.12. The van der Waals surface area contributed by atoms with Gasteiger partial charge in [-0.25, -0.2) is 4.79 Å². The maximum Gasteiger partial charge on any atom is 0.411 e. The van der Waals surface area contributed by atoms with Crippen LogP contribution in [0.4, 0.5) is 10.5 Å². The van der Waals surface area contributed by atoms with Crippen LogP contribution in [0.5, 0.6) is 11.5 Å². The fourth-order valence-electron chi connectivity index (χ4n) is 2.87. The van der Waals surface area contributed by atoms with Crippen molar-refractivity contribution >= 4 is 11.8 Å². The molecule has 0 spiro atoms. The summed E-state index contributed by atoms with van der Waals surface area (Å²) in [5, 5.41) is 2.76. The average Bonchev–Trinajstić information content (AvgIpc) is 2.65. The van der Waals surface area contributed by atoms with Gasteiger partial charge in [0, 0.05) is 6.54 Å². The Kier molecular flexibility index (Phi) is 6.29. The van der Waals surface area contributed by atoms with Gasteiger partial charge in [0.05, 0.1) is 5.69 Å². The van der Waals surface area contributed by atoms with E-state index in [0.29, 0.717) is 18.0 Å². The van der Waals surface area contributed by atoms with E-state index in [1.54, 1.807) is 6.07 Å². The van der Waals surface area contributed by atoms with E-state index in [9.17, 15) is 4.79 Å². The Labute approximate surface area is 148 Å². The zero-order valence-electron chi connectivity index (χ0n) is 14.3. The number of ether oxygens (including phenoxy) is 2. The van der Waals surface area contributed by atoms with Crippen LogP contribution in [-0.4, -0.2) is 37.2 Å². The number of nitrogens with one attached hydrogen (secondary N) is 1. The SMILES string of the molecule is O=C(Nc1ccccc1Oc1ccccc1)OCCN1CCCCC1. The minimum absolute atomic E-state index is 0.396. The van der Waals surface area contributed by atoms with Crippen molar-refractivity contribution in [3.8, 4) is 11.5 Å². The Hall–Kier alpha value is -2.53. The Morgan fingerprint density at radius 1 is 0.960 bits per heavy atom. The van der Waals surface area contributed by atoms with Gasteiger partial charge in [0.15, 0.2) is 5.75 Å². The highest BCUT2D eigenvalue weighted by Crippen LogP contribution is 2.29. The van der Waals surface area contributed by atoms with Gasteiger partial charge in [-0.3, -0.25) is 10.2 Å². The number of piperidine rings is 1. The van der Waals surface area contributed by atoms with Gasteiger partial charge in [0.25, 0.3) is 0 Å². The van der Waals surface area contributed by atoms with Crippen molar-refractivity contribution in [2.45, 2.75) is 19.3 Å². The summed E-state index contributed by atoms with van der Waals surface area (Å²) in [7, 11) is 0. The Balaban J connectivity index is 1.50. The lowest BCUT2D eigenvalue weighted by molar-refractivity contribution is 0.131. The Morgan fingerprint density at radius 2 is 1.68 bits per heavy atom. The quantitative estimate of drug-likeness (QED) is 0.840. The van der Waals surface area contributed by atoms with E-state index in [1.165, 1.54) is 19.3 Å². The van der Waals surface area contributed by atoms with Crippen molar-refractivity contribution in [1.29, 1.82) is 0 Å². The van der Waals surface area contributed by atoms with E-state index in [0.717, 1.165) is 25.4 Å². The van der Waals surface area contributed by atoms with E-state index in [1.807, 2.05) is 48.5 Å². The van der Waals surface area contributed by atoms with E-state index in [2.05, 4.69) is 10.2 Å². The van der Waals surface area contributed by atoms with Crippen LogP contribution in [0.25, 0.3) is 0 Å². The number of carbonyl (C=O) groups excluding carboxylic acids is 1. The first-order chi connectivity index (χ1) is 12.3. The van der Waals surface area contributed by atoms with Crippen LogP contribution in [0.3, 0.4) is 0 Å². The normalized spacial score (nSPS) is 14.7. The molecule has 0 bridgehead atoms. The number of hydrogen-bond donors (Lipinski definition) is 1. The van der Waals surface area contributed by atoms with E-state index in [4.69, 9.17) is 9.47 Å². The molecule has 2 aromatic carbocycles. The van der Waals surface area contributed by atoms with Crippen LogP contribution >= 0.6 is 0 Å². The molecule has 25 heavy (non-hydrogen) atoms. The molecular formula is C20H24N2O3. The number of nitrogens with zero attached hydrogens (tertiary/aromatic N) is 1. The monoisotopic (exact) mass is 340 g/mol. The number of rotatable bonds is 6. The van der Waals surface area contributed by atoms with Crippen LogP contribution < -0.4 is 10.1 Å². The number of hydrogen-bond acceptors (Lipinski definition) is 4. The number of likely N-dealkylation sites (tertiary alicyclic amines) is 1. The molecule has 1 fully saturated rings. The summed E-state index contributed by atoms with van der Waals surface area (Å²) in [6.45, 7) is 3.38. The summed E-state index contributed by atoms with van der Waals surface area (Å²) in [5.41, 5.74) is 0.592. The van der Waals surface area contributed by atoms with Gasteiger partial charge in [-0.15, -0.1) is 0 Å². The molecular weight excluding hydrogens is 316 g/mol. The van der Waals surface area contributed by atoms with Crippen molar-refractivity contribution < 1.29 is 14.3 Å². The Morgan fingerprint density at radius 3 is 2.48 bits per heavy atom. The number of para-hydroxylation sites is 3. The van der Waals surface area contributed by atoms with Crippen molar-refractivity contribution in [3.63, 3.8) is 0 Å². The smallest absolute Gasteiger partial charge is 0.411 e. The summed E-state index contributed by atoms with van der Waals surface area (Å²) < 4.78 is 11.1. The molecule has 0 unspecified atom stereocenters. The summed E-state index contributed by atoms with van der Waals surface area (Å²) in [5.74, 6) is 1.30. The van der Waals surface area contributed by atoms with Gasteiger partial charge in [-0.2, -0.15) is 0 Å². The molecule has 1 aliphatic heterocycles. The van der Waals surface area contributed by atoms with Gasteiger partial charge >= 0.3 is 6.09 Å². The zero-order chi connectivity index (χ0) is 17.3. The molecule has 3 rings (SSSR count). The molecule has 0 aromatic heterocycles. The van der Waals surface area contributed by atoms with Crippen LogP contribution in [0.2, 0.25) is 0 Å². The number of benzene rings is 2. The lowest BCUT2D eigenvalue weighted by Crippen LogP contribution is -2.33. The topological polar surface area (TPSA) is 50.8 Å². The van der Waals surface area contributed by atoms with E-state index >= 15 is 0 Å². The zero-order valence-corrected chi connectivity index (χ0v) is 14.3. The first kappa shape index (κ1) is 17.3. The number of anilines is 1. The average molecular weight is 340 g/mol. The molecule has 1 heterocycles. The molecule has 0 atom stereocenters. The molecule has 0 aliphatic carbocycles. The fourth-order valence-corrected chi connectivity index (χ4v) is 2.87. The molecule has 5 heteroatoms. The third-order valence-electron chi connectivity index (χ3n) is 4.18. The maximum absolute atomic E-state index is 12.1. The van der Waals surface area contributed by atoms with Crippen molar-refractivity contribution in [2.24, 2.45) is 0 Å². The third-order valence-corrected chi connectivity index (χ3v) is 4.18. The molecule has 1 N–H and O–H groups in total. The minimum atomic E-state index is -0.457. The third kappa shape index (κ3) is 5.50. The highest BCUT2D eigenvalue weighted by atomic mass is 16.5. The van der Waals surface area contributed by atoms with Crippen molar-refractivity contribution in [3.05, 3.63) is 54.6 Å². The van der Waals surface area contributed by atoms with Gasteiger partial charge < -0.3 is 9.47 Å². The second kappa shape index (κ2) is 9.08. The van der Waals surface area contributed by atoms with E-state index < -0.39 is 6.09 Å². The first-order valence-corrected chi connectivity index (χ1v) is 8.79. The summed E-state index contributed by atoms with van der Waals surface area (Å²) >= 11 is 0. The molecule has 1 aliphatic rings. The first-order valence-electron chi connectivity index (χ1n) is 8.79. The van der Waals surface area contributed by atoms with Crippen LogP contribution in [0.15, 0.2) is 54.6 Å². The van der Waals surface area contributed by atoms with Gasteiger partial charge in [0.2, 0.25) is 0 Å². The Bertz CT molecular complexity index is 670. The molecule has 0 radical (unpaired) electrons. The maximum atomic E-state index is 12.1. The molecule has 1 amide bonds. The fraction of sp³-hybridized carbons (Fsp3) is 0.350. The number of amides is 1. The highest BCUT2D eigenvalue weighted by molar-refractivity contribution is 5.86. The van der Waals surface area contributed by atoms with Crippen molar-refractivity contribution in [1.82, 2.24) is 4.90 Å². The lowest BCUT2D eigenvalue weighted by atomic mass is 10.1. The van der Waals surface area contributed by atoms with Crippen LogP contribution in [-0.2, 0) is 4.74 Å². The van der Waals surface area contributed by atoms with Gasteiger partial charge in [-0.05, 0) is 50.2 Å². The predicted molar refractivity (Wildman–Crippen MR) is 98.2 cm³/mol. The lowest BCUT2D eigenvalue weighted by Gasteiger charge is -2.25. The number of carbonyl (C=O) groups is 1. The molecule has 1 saturated heterocycles.